The fourth-order valence-corrected chi connectivity index (χ4v) is 3.09. The Bertz CT molecular complexity index is 630. The summed E-state index contributed by atoms with van der Waals surface area (Å²) in [7, 11) is 1.43. The number of hydrogen-bond acceptors (Lipinski definition) is 3. The molecular weight excluding hydrogens is 250 g/mol. The topological polar surface area (TPSA) is 39.2 Å². The second kappa shape index (κ2) is 5.61. The summed E-state index contributed by atoms with van der Waals surface area (Å²) in [6.45, 7) is 0. The Hall–Kier alpha value is -1.90. The predicted molar refractivity (Wildman–Crippen MR) is 78.9 cm³/mol. The quantitative estimate of drug-likeness (QED) is 0.771. The zero-order valence-corrected chi connectivity index (χ0v) is 11.8. The van der Waals surface area contributed by atoms with Crippen LogP contribution in [0, 0.1) is 0 Å². The number of esters is 1. The Kier molecular flexibility index (Phi) is 3.68. The second-order valence-electron chi connectivity index (χ2n) is 5.44. The Labute approximate surface area is 119 Å². The van der Waals surface area contributed by atoms with Crippen molar-refractivity contribution in [3.8, 4) is 0 Å². The first-order valence-electron chi connectivity index (χ1n) is 7.27. The van der Waals surface area contributed by atoms with Crippen LogP contribution in [-0.2, 0) is 4.74 Å². The number of pyridine rings is 1. The minimum absolute atomic E-state index is 0.274. The monoisotopic (exact) mass is 269 g/mol. The van der Waals surface area contributed by atoms with Gasteiger partial charge >= 0.3 is 5.97 Å². The van der Waals surface area contributed by atoms with E-state index < -0.39 is 0 Å². The molecule has 3 rings (SSSR count). The molecule has 0 radical (unpaired) electrons. The summed E-state index contributed by atoms with van der Waals surface area (Å²) in [4.78, 5) is 16.8. The van der Waals surface area contributed by atoms with Crippen LogP contribution in [0.15, 0.2) is 30.3 Å². The molecule has 1 aromatic heterocycles. The van der Waals surface area contributed by atoms with Gasteiger partial charge in [0.05, 0.1) is 23.9 Å². The van der Waals surface area contributed by atoms with Crippen molar-refractivity contribution in [2.45, 2.75) is 38.0 Å². The number of carbonyl (C=O) groups excluding carboxylic acids is 1. The highest BCUT2D eigenvalue weighted by molar-refractivity contribution is 5.95. The predicted octanol–water partition coefficient (Wildman–Crippen LogP) is 4.07. The summed E-state index contributed by atoms with van der Waals surface area (Å²) in [6, 6.07) is 9.86. The van der Waals surface area contributed by atoms with Crippen molar-refractivity contribution < 1.29 is 9.53 Å². The summed E-state index contributed by atoms with van der Waals surface area (Å²) in [5.41, 5.74) is 2.52. The third-order valence-electron chi connectivity index (χ3n) is 4.15. The van der Waals surface area contributed by atoms with E-state index >= 15 is 0 Å². The number of para-hydroxylation sites is 1. The highest BCUT2D eigenvalue weighted by Gasteiger charge is 2.24. The third kappa shape index (κ3) is 2.40. The minimum atomic E-state index is -0.274. The van der Waals surface area contributed by atoms with Gasteiger partial charge in [0.1, 0.15) is 0 Å². The Morgan fingerprint density at radius 2 is 1.95 bits per heavy atom. The highest BCUT2D eigenvalue weighted by atomic mass is 16.5. The van der Waals surface area contributed by atoms with E-state index in [4.69, 9.17) is 9.72 Å². The molecule has 0 amide bonds. The summed E-state index contributed by atoms with van der Waals surface area (Å²) in [5, 5.41) is 0.993. The number of benzene rings is 1. The van der Waals surface area contributed by atoms with E-state index in [1.165, 1.54) is 26.4 Å². The van der Waals surface area contributed by atoms with Crippen LogP contribution in [0.2, 0.25) is 0 Å². The molecule has 1 aromatic carbocycles. The molecule has 1 saturated carbocycles. The fraction of sp³-hybridized carbons (Fsp3) is 0.412. The molecule has 3 nitrogen and oxygen atoms in total. The van der Waals surface area contributed by atoms with Gasteiger partial charge in [-0.3, -0.25) is 4.98 Å². The van der Waals surface area contributed by atoms with Gasteiger partial charge in [0.2, 0.25) is 0 Å². The summed E-state index contributed by atoms with van der Waals surface area (Å²) in [6.07, 6.45) is 5.97. The first-order chi connectivity index (χ1) is 9.79. The molecule has 1 aliphatic carbocycles. The average Bonchev–Trinajstić information content (AvgIpc) is 2.53. The van der Waals surface area contributed by atoms with Gasteiger partial charge in [-0.15, -0.1) is 0 Å². The molecule has 3 heteroatoms. The van der Waals surface area contributed by atoms with Crippen molar-refractivity contribution in [1.29, 1.82) is 0 Å². The van der Waals surface area contributed by atoms with Gasteiger partial charge in [0, 0.05) is 11.3 Å². The number of methoxy groups -OCH3 is 1. The minimum Gasteiger partial charge on any atom is -0.465 e. The summed E-state index contributed by atoms with van der Waals surface area (Å²) >= 11 is 0. The van der Waals surface area contributed by atoms with Crippen molar-refractivity contribution >= 4 is 16.9 Å². The van der Waals surface area contributed by atoms with Gasteiger partial charge < -0.3 is 4.74 Å². The number of carbonyl (C=O) groups is 1. The van der Waals surface area contributed by atoms with E-state index in [2.05, 4.69) is 0 Å². The van der Waals surface area contributed by atoms with E-state index in [9.17, 15) is 4.79 Å². The first-order valence-corrected chi connectivity index (χ1v) is 7.27. The SMILES string of the molecule is COC(=O)c1cc2ccccc2nc1C1CCCCC1. The normalized spacial score (nSPS) is 16.2. The van der Waals surface area contributed by atoms with Crippen molar-refractivity contribution in [3.63, 3.8) is 0 Å². The van der Waals surface area contributed by atoms with Crippen LogP contribution < -0.4 is 0 Å². The standard InChI is InChI=1S/C17H19NO2/c1-20-17(19)14-11-13-9-5-6-10-15(13)18-16(14)12-7-3-2-4-8-12/h5-6,9-12H,2-4,7-8H2,1H3. The molecule has 1 heterocycles. The third-order valence-corrected chi connectivity index (χ3v) is 4.15. The molecule has 0 N–H and O–H groups in total. The molecule has 0 atom stereocenters. The number of nitrogens with zero attached hydrogens (tertiary/aromatic N) is 1. The molecule has 0 bridgehead atoms. The molecule has 1 aliphatic rings. The lowest BCUT2D eigenvalue weighted by Gasteiger charge is -2.23. The molecule has 0 spiro atoms. The zero-order valence-electron chi connectivity index (χ0n) is 11.8. The highest BCUT2D eigenvalue weighted by Crippen LogP contribution is 2.34. The van der Waals surface area contributed by atoms with E-state index in [0.29, 0.717) is 11.5 Å². The molecule has 0 unspecified atom stereocenters. The maximum absolute atomic E-state index is 12.1. The number of ether oxygens (including phenoxy) is 1. The van der Waals surface area contributed by atoms with Crippen molar-refractivity contribution in [2.75, 3.05) is 7.11 Å². The molecule has 20 heavy (non-hydrogen) atoms. The molecule has 0 saturated heterocycles. The van der Waals surface area contributed by atoms with Crippen LogP contribution in [0.5, 0.6) is 0 Å². The summed E-state index contributed by atoms with van der Waals surface area (Å²) < 4.78 is 4.94. The van der Waals surface area contributed by atoms with E-state index in [1.807, 2.05) is 30.3 Å². The number of rotatable bonds is 2. The van der Waals surface area contributed by atoms with Crippen LogP contribution in [-0.4, -0.2) is 18.1 Å². The maximum Gasteiger partial charge on any atom is 0.339 e. The van der Waals surface area contributed by atoms with Gasteiger partial charge in [-0.25, -0.2) is 4.79 Å². The van der Waals surface area contributed by atoms with Crippen LogP contribution >= 0.6 is 0 Å². The summed E-state index contributed by atoms with van der Waals surface area (Å²) in [5.74, 6) is 0.117. The van der Waals surface area contributed by atoms with Gasteiger partial charge in [-0.05, 0) is 25.0 Å². The number of aromatic nitrogens is 1. The Morgan fingerprint density at radius 1 is 1.20 bits per heavy atom. The second-order valence-corrected chi connectivity index (χ2v) is 5.44. The van der Waals surface area contributed by atoms with Crippen LogP contribution in [0.3, 0.4) is 0 Å². The van der Waals surface area contributed by atoms with Crippen molar-refractivity contribution in [2.24, 2.45) is 0 Å². The van der Waals surface area contributed by atoms with E-state index in [0.717, 1.165) is 29.4 Å². The molecule has 104 valence electrons. The Morgan fingerprint density at radius 3 is 2.70 bits per heavy atom. The lowest BCUT2D eigenvalue weighted by molar-refractivity contribution is 0.0598. The van der Waals surface area contributed by atoms with Gasteiger partial charge in [-0.2, -0.15) is 0 Å². The molecule has 0 aliphatic heterocycles. The fourth-order valence-electron chi connectivity index (χ4n) is 3.09. The smallest absolute Gasteiger partial charge is 0.339 e. The molecular formula is C17H19NO2. The number of fused-ring (bicyclic) bond motifs is 1. The first kappa shape index (κ1) is 13.1. The largest absolute Gasteiger partial charge is 0.465 e. The number of hydrogen-bond donors (Lipinski definition) is 0. The van der Waals surface area contributed by atoms with Crippen LogP contribution in [0.25, 0.3) is 10.9 Å². The van der Waals surface area contributed by atoms with E-state index in [1.54, 1.807) is 0 Å². The van der Waals surface area contributed by atoms with E-state index in [-0.39, 0.29) is 5.97 Å². The average molecular weight is 269 g/mol. The lowest BCUT2D eigenvalue weighted by atomic mass is 9.84. The lowest BCUT2D eigenvalue weighted by Crippen LogP contribution is -2.14. The van der Waals surface area contributed by atoms with Gasteiger partial charge in [0.15, 0.2) is 0 Å². The molecule has 2 aromatic rings. The Balaban J connectivity index is 2.13. The zero-order chi connectivity index (χ0) is 13.9. The maximum atomic E-state index is 12.1. The van der Waals surface area contributed by atoms with Crippen LogP contribution in [0.1, 0.15) is 54.1 Å². The van der Waals surface area contributed by atoms with Crippen molar-refractivity contribution in [3.05, 3.63) is 41.6 Å². The molecule has 1 fully saturated rings. The van der Waals surface area contributed by atoms with Gasteiger partial charge in [-0.1, -0.05) is 37.5 Å². The van der Waals surface area contributed by atoms with Crippen molar-refractivity contribution in [1.82, 2.24) is 4.98 Å². The van der Waals surface area contributed by atoms with Gasteiger partial charge in [0.25, 0.3) is 0 Å². The van der Waals surface area contributed by atoms with Crippen LogP contribution in [0.4, 0.5) is 0 Å².